The second-order valence-corrected chi connectivity index (χ2v) is 6.74. The number of allylic oxidation sites excluding steroid dienone is 2. The van der Waals surface area contributed by atoms with Crippen molar-refractivity contribution >= 4 is 11.9 Å². The van der Waals surface area contributed by atoms with Crippen molar-refractivity contribution in [1.82, 2.24) is 14.7 Å². The first-order chi connectivity index (χ1) is 12.4. The van der Waals surface area contributed by atoms with Gasteiger partial charge in [-0.2, -0.15) is 0 Å². The molecular weight excluding hydrogens is 338 g/mol. The summed E-state index contributed by atoms with van der Waals surface area (Å²) in [6.45, 7) is 6.78. The minimum absolute atomic E-state index is 0.0234. The molecule has 26 heavy (non-hydrogen) atoms. The van der Waals surface area contributed by atoms with Gasteiger partial charge in [0.15, 0.2) is 0 Å². The van der Waals surface area contributed by atoms with Crippen LogP contribution in [0, 0.1) is 0 Å². The first-order valence-corrected chi connectivity index (χ1v) is 9.39. The van der Waals surface area contributed by atoms with Crippen LogP contribution in [0.5, 0.6) is 0 Å². The minimum Gasteiger partial charge on any atom is -0.513 e. The summed E-state index contributed by atoms with van der Waals surface area (Å²) in [7, 11) is 0. The van der Waals surface area contributed by atoms with E-state index < -0.39 is 11.9 Å². The van der Waals surface area contributed by atoms with Gasteiger partial charge in [-0.1, -0.05) is 6.92 Å². The average molecular weight is 371 g/mol. The summed E-state index contributed by atoms with van der Waals surface area (Å²) in [6.07, 6.45) is 5.18. The third-order valence-corrected chi connectivity index (χ3v) is 4.51. The van der Waals surface area contributed by atoms with Crippen LogP contribution < -0.4 is 0 Å². The molecule has 0 aromatic heterocycles. The summed E-state index contributed by atoms with van der Waals surface area (Å²) in [6, 6.07) is 0. The van der Waals surface area contributed by atoms with Gasteiger partial charge >= 0.3 is 11.9 Å². The number of hydrogen-bond donors (Lipinski definition) is 3. The summed E-state index contributed by atoms with van der Waals surface area (Å²) in [5.74, 6) is -1.28. The van der Waals surface area contributed by atoms with Crippen LogP contribution in [0.4, 0.5) is 0 Å². The van der Waals surface area contributed by atoms with Crippen LogP contribution in [-0.2, 0) is 9.59 Å². The molecule has 0 spiro atoms. The SMILES string of the molecule is CC/C=C(/O)CCCCN1CCN(CC(=O)O)CCN(CC(=O)O)CC1. The molecule has 150 valence electrons. The lowest BCUT2D eigenvalue weighted by Gasteiger charge is -2.25. The molecule has 0 saturated carbocycles. The number of aliphatic hydroxyl groups excluding tert-OH is 1. The Balaban J connectivity index is 2.53. The standard InChI is InChI=1S/C18H33N3O5/c1-2-5-16(22)6-3-4-7-19-8-10-20(14-17(23)24)12-13-21(11-9-19)15-18(25)26/h5,22H,2-4,6-15H2,1H3,(H,23,24)(H,25,26)/b16-5+. The maximum atomic E-state index is 11.0. The van der Waals surface area contributed by atoms with Crippen molar-refractivity contribution in [3.05, 3.63) is 11.8 Å². The van der Waals surface area contributed by atoms with Gasteiger partial charge in [-0.3, -0.25) is 19.4 Å². The zero-order chi connectivity index (χ0) is 19.4. The molecule has 1 heterocycles. The lowest BCUT2D eigenvalue weighted by atomic mass is 10.2. The fraction of sp³-hybridized carbons (Fsp3) is 0.778. The van der Waals surface area contributed by atoms with Crippen LogP contribution in [0.1, 0.15) is 32.6 Å². The Morgan fingerprint density at radius 2 is 1.27 bits per heavy atom. The molecular formula is C18H33N3O5. The molecule has 0 aliphatic carbocycles. The molecule has 0 aromatic carbocycles. The van der Waals surface area contributed by atoms with Crippen molar-refractivity contribution in [2.75, 3.05) is 58.9 Å². The van der Waals surface area contributed by atoms with Gasteiger partial charge in [-0.15, -0.1) is 0 Å². The predicted molar refractivity (Wildman–Crippen MR) is 99.4 cm³/mol. The van der Waals surface area contributed by atoms with E-state index in [-0.39, 0.29) is 13.1 Å². The summed E-state index contributed by atoms with van der Waals surface area (Å²) in [5, 5.41) is 27.8. The average Bonchev–Trinajstić information content (AvgIpc) is 2.64. The molecule has 0 bridgehead atoms. The van der Waals surface area contributed by atoms with Crippen molar-refractivity contribution in [1.29, 1.82) is 0 Å². The lowest BCUT2D eigenvalue weighted by molar-refractivity contribution is -0.140. The fourth-order valence-electron chi connectivity index (χ4n) is 3.09. The highest BCUT2D eigenvalue weighted by Gasteiger charge is 2.19. The molecule has 8 nitrogen and oxygen atoms in total. The lowest BCUT2D eigenvalue weighted by Crippen LogP contribution is -2.40. The molecule has 1 rings (SSSR count). The van der Waals surface area contributed by atoms with E-state index in [1.165, 1.54) is 0 Å². The van der Waals surface area contributed by atoms with Gasteiger partial charge in [0, 0.05) is 45.7 Å². The van der Waals surface area contributed by atoms with Gasteiger partial charge < -0.3 is 20.2 Å². The van der Waals surface area contributed by atoms with Crippen LogP contribution in [0.25, 0.3) is 0 Å². The van der Waals surface area contributed by atoms with E-state index in [0.29, 0.717) is 38.4 Å². The molecule has 1 aliphatic rings. The molecule has 0 unspecified atom stereocenters. The van der Waals surface area contributed by atoms with E-state index in [0.717, 1.165) is 38.9 Å². The number of hydrogen-bond acceptors (Lipinski definition) is 6. The highest BCUT2D eigenvalue weighted by molar-refractivity contribution is 5.69. The van der Waals surface area contributed by atoms with E-state index in [2.05, 4.69) is 4.90 Å². The molecule has 0 aromatic rings. The monoisotopic (exact) mass is 371 g/mol. The topological polar surface area (TPSA) is 105 Å². The van der Waals surface area contributed by atoms with Gasteiger partial charge in [-0.25, -0.2) is 0 Å². The van der Waals surface area contributed by atoms with Crippen LogP contribution in [0.3, 0.4) is 0 Å². The maximum Gasteiger partial charge on any atom is 0.317 e. The van der Waals surface area contributed by atoms with Crippen molar-refractivity contribution in [2.24, 2.45) is 0 Å². The molecule has 0 atom stereocenters. The van der Waals surface area contributed by atoms with Crippen LogP contribution >= 0.6 is 0 Å². The number of aliphatic hydroxyl groups is 1. The predicted octanol–water partition coefficient (Wildman–Crippen LogP) is 1.10. The van der Waals surface area contributed by atoms with Crippen LogP contribution in [0.2, 0.25) is 0 Å². The number of rotatable bonds is 10. The number of carboxylic acid groups (broad SMARTS) is 2. The van der Waals surface area contributed by atoms with Gasteiger partial charge in [-0.05, 0) is 31.9 Å². The Labute approximate surface area is 155 Å². The van der Waals surface area contributed by atoms with E-state index in [1.54, 1.807) is 0 Å². The summed E-state index contributed by atoms with van der Waals surface area (Å²) >= 11 is 0. The first-order valence-electron chi connectivity index (χ1n) is 9.39. The van der Waals surface area contributed by atoms with Crippen molar-refractivity contribution in [3.63, 3.8) is 0 Å². The largest absolute Gasteiger partial charge is 0.513 e. The van der Waals surface area contributed by atoms with Crippen molar-refractivity contribution in [3.8, 4) is 0 Å². The van der Waals surface area contributed by atoms with Crippen LogP contribution in [0.15, 0.2) is 11.8 Å². The third-order valence-electron chi connectivity index (χ3n) is 4.51. The van der Waals surface area contributed by atoms with E-state index in [9.17, 15) is 14.7 Å². The molecule has 3 N–H and O–H groups in total. The Hall–Kier alpha value is -1.64. The molecule has 1 aliphatic heterocycles. The normalized spacial score (nSPS) is 18.9. The highest BCUT2D eigenvalue weighted by Crippen LogP contribution is 2.07. The zero-order valence-corrected chi connectivity index (χ0v) is 15.8. The smallest absolute Gasteiger partial charge is 0.317 e. The van der Waals surface area contributed by atoms with Gasteiger partial charge in [0.25, 0.3) is 0 Å². The summed E-state index contributed by atoms with van der Waals surface area (Å²) in [4.78, 5) is 28.0. The molecule has 8 heteroatoms. The molecule has 0 radical (unpaired) electrons. The Bertz CT molecular complexity index is 442. The zero-order valence-electron chi connectivity index (χ0n) is 15.8. The maximum absolute atomic E-state index is 11.0. The first kappa shape index (κ1) is 22.4. The number of carbonyl (C=O) groups is 2. The number of carboxylic acids is 2. The summed E-state index contributed by atoms with van der Waals surface area (Å²) < 4.78 is 0. The van der Waals surface area contributed by atoms with Crippen molar-refractivity contribution in [2.45, 2.75) is 32.6 Å². The second-order valence-electron chi connectivity index (χ2n) is 6.74. The van der Waals surface area contributed by atoms with E-state index in [4.69, 9.17) is 10.2 Å². The van der Waals surface area contributed by atoms with Gasteiger partial charge in [0.2, 0.25) is 0 Å². The van der Waals surface area contributed by atoms with E-state index >= 15 is 0 Å². The molecule has 0 amide bonds. The summed E-state index contributed by atoms with van der Waals surface area (Å²) in [5.41, 5.74) is 0. The van der Waals surface area contributed by atoms with Crippen molar-refractivity contribution < 1.29 is 24.9 Å². The van der Waals surface area contributed by atoms with E-state index in [1.807, 2.05) is 22.8 Å². The fourth-order valence-corrected chi connectivity index (χ4v) is 3.09. The Kier molecular flexibility index (Phi) is 10.9. The third kappa shape index (κ3) is 10.4. The van der Waals surface area contributed by atoms with Gasteiger partial charge in [0.1, 0.15) is 0 Å². The number of unbranched alkanes of at least 4 members (excludes halogenated alkanes) is 1. The number of aliphatic carboxylic acids is 2. The van der Waals surface area contributed by atoms with Gasteiger partial charge in [0.05, 0.1) is 18.8 Å². The molecule has 1 fully saturated rings. The Morgan fingerprint density at radius 1 is 0.808 bits per heavy atom. The minimum atomic E-state index is -0.862. The van der Waals surface area contributed by atoms with Crippen LogP contribution in [-0.4, -0.2) is 101 Å². The Morgan fingerprint density at radius 3 is 1.69 bits per heavy atom. The quantitative estimate of drug-likeness (QED) is 0.387. The molecule has 1 saturated heterocycles. The second kappa shape index (κ2) is 12.7. The number of nitrogens with zero attached hydrogens (tertiary/aromatic N) is 3. The highest BCUT2D eigenvalue weighted by atomic mass is 16.4.